The second-order valence-corrected chi connectivity index (χ2v) is 7.62. The van der Waals surface area contributed by atoms with Crippen molar-refractivity contribution in [3.63, 3.8) is 0 Å². The quantitative estimate of drug-likeness (QED) is 0.112. The Kier molecular flexibility index (Phi) is 17.3. The van der Waals surface area contributed by atoms with Gasteiger partial charge in [-0.25, -0.2) is 5.06 Å². The number of carbonyl (C=O) groups excluding carboxylic acids is 3. The van der Waals surface area contributed by atoms with Gasteiger partial charge in [0, 0.05) is 6.54 Å². The molecule has 0 aliphatic heterocycles. The van der Waals surface area contributed by atoms with Crippen molar-refractivity contribution < 1.29 is 19.6 Å². The molecule has 0 heterocycles. The van der Waals surface area contributed by atoms with Crippen LogP contribution in [0.25, 0.3) is 0 Å². The van der Waals surface area contributed by atoms with Crippen LogP contribution in [0.3, 0.4) is 0 Å². The number of nitrogens with two attached hydrogens (primary N) is 1. The molecule has 5 N–H and O–H groups in total. The molecule has 0 saturated carbocycles. The van der Waals surface area contributed by atoms with E-state index in [4.69, 9.17) is 5.73 Å². The number of rotatable bonds is 19. The van der Waals surface area contributed by atoms with E-state index in [1.54, 1.807) is 0 Å². The Balaban J connectivity index is 4.86. The predicted molar refractivity (Wildman–Crippen MR) is 114 cm³/mol. The molecule has 2 atom stereocenters. The highest BCUT2D eigenvalue weighted by Gasteiger charge is 2.26. The summed E-state index contributed by atoms with van der Waals surface area (Å²) in [5, 5.41) is 15.8. The van der Waals surface area contributed by atoms with Crippen molar-refractivity contribution in [2.45, 2.75) is 90.5 Å². The average Bonchev–Trinajstić information content (AvgIpc) is 2.71. The van der Waals surface area contributed by atoms with Gasteiger partial charge in [0.2, 0.25) is 18.2 Å². The molecule has 8 heteroatoms. The Morgan fingerprint density at radius 3 is 2.24 bits per heavy atom. The predicted octanol–water partition coefficient (Wildman–Crippen LogP) is 2.34. The van der Waals surface area contributed by atoms with E-state index in [9.17, 15) is 19.6 Å². The lowest BCUT2D eigenvalue weighted by Gasteiger charge is -2.24. The van der Waals surface area contributed by atoms with Crippen LogP contribution in [0.15, 0.2) is 0 Å². The van der Waals surface area contributed by atoms with Gasteiger partial charge in [-0.3, -0.25) is 19.6 Å². The minimum absolute atomic E-state index is 0.0762. The van der Waals surface area contributed by atoms with Crippen LogP contribution >= 0.6 is 0 Å². The Bertz CT molecular complexity index is 448. The summed E-state index contributed by atoms with van der Waals surface area (Å²) < 4.78 is 0. The summed E-state index contributed by atoms with van der Waals surface area (Å²) >= 11 is 0. The van der Waals surface area contributed by atoms with Crippen LogP contribution in [0, 0.1) is 5.92 Å². The van der Waals surface area contributed by atoms with Crippen LogP contribution in [0.2, 0.25) is 0 Å². The average molecular weight is 415 g/mol. The van der Waals surface area contributed by atoms with Crippen molar-refractivity contribution >= 4 is 18.2 Å². The maximum atomic E-state index is 12.8. The van der Waals surface area contributed by atoms with Crippen molar-refractivity contribution in [2.75, 3.05) is 19.6 Å². The van der Waals surface area contributed by atoms with Gasteiger partial charge in [-0.2, -0.15) is 0 Å². The summed E-state index contributed by atoms with van der Waals surface area (Å²) in [6.07, 6.45) is 9.94. The van der Waals surface area contributed by atoms with E-state index in [0.717, 1.165) is 57.8 Å². The number of nitrogens with zero attached hydrogens (tertiary/aromatic N) is 1. The zero-order valence-corrected chi connectivity index (χ0v) is 18.3. The number of nitrogens with one attached hydrogen (secondary N) is 2. The third-order valence-electron chi connectivity index (χ3n) is 4.97. The standard InChI is InChI=1S/C21H42N4O4/c1-3-5-7-11-15-23-21(28)19(13-9-10-14-22)24-20(27)18(12-8-6-4-2)16-25(29)17-26/h17-19,29H,3-16,22H2,1-2H3,(H,23,28)(H,24,27)/t18-,19?/m1/s1. The lowest BCUT2D eigenvalue weighted by molar-refractivity contribution is -0.155. The molecule has 0 bridgehead atoms. The third kappa shape index (κ3) is 14.0. The molecular weight excluding hydrogens is 372 g/mol. The van der Waals surface area contributed by atoms with Crippen molar-refractivity contribution in [3.05, 3.63) is 0 Å². The molecule has 8 nitrogen and oxygen atoms in total. The summed E-state index contributed by atoms with van der Waals surface area (Å²) in [6.45, 7) is 5.26. The molecule has 29 heavy (non-hydrogen) atoms. The lowest BCUT2D eigenvalue weighted by atomic mass is 9.99. The van der Waals surface area contributed by atoms with E-state index >= 15 is 0 Å². The first-order valence-electron chi connectivity index (χ1n) is 11.2. The van der Waals surface area contributed by atoms with Crippen LogP contribution in [0.1, 0.15) is 84.5 Å². The molecular formula is C21H42N4O4. The summed E-state index contributed by atoms with van der Waals surface area (Å²) in [6, 6.07) is -0.628. The van der Waals surface area contributed by atoms with Crippen molar-refractivity contribution in [3.8, 4) is 0 Å². The second kappa shape index (κ2) is 18.4. The molecule has 0 spiro atoms. The molecule has 170 valence electrons. The molecule has 0 aliphatic rings. The number of hydroxylamine groups is 2. The van der Waals surface area contributed by atoms with Crippen molar-refractivity contribution in [1.82, 2.24) is 15.7 Å². The Labute approximate surface area is 175 Å². The lowest BCUT2D eigenvalue weighted by Crippen LogP contribution is -2.50. The smallest absolute Gasteiger partial charge is 0.242 e. The maximum absolute atomic E-state index is 12.8. The van der Waals surface area contributed by atoms with Gasteiger partial charge in [0.1, 0.15) is 6.04 Å². The number of amides is 3. The first-order chi connectivity index (χ1) is 14.0. The highest BCUT2D eigenvalue weighted by Crippen LogP contribution is 2.13. The molecule has 0 saturated heterocycles. The van der Waals surface area contributed by atoms with Gasteiger partial charge >= 0.3 is 0 Å². The fourth-order valence-electron chi connectivity index (χ4n) is 3.15. The van der Waals surface area contributed by atoms with E-state index in [1.807, 2.05) is 0 Å². The monoisotopic (exact) mass is 414 g/mol. The van der Waals surface area contributed by atoms with Gasteiger partial charge in [0.05, 0.1) is 12.5 Å². The van der Waals surface area contributed by atoms with E-state index in [1.165, 1.54) is 0 Å². The molecule has 0 radical (unpaired) electrons. The van der Waals surface area contributed by atoms with E-state index in [-0.39, 0.29) is 18.4 Å². The Morgan fingerprint density at radius 1 is 0.966 bits per heavy atom. The van der Waals surface area contributed by atoms with Crippen LogP contribution in [-0.2, 0) is 14.4 Å². The van der Waals surface area contributed by atoms with E-state index in [0.29, 0.717) is 37.4 Å². The summed E-state index contributed by atoms with van der Waals surface area (Å²) in [7, 11) is 0. The molecule has 1 unspecified atom stereocenters. The number of hydrogen-bond donors (Lipinski definition) is 4. The van der Waals surface area contributed by atoms with Crippen LogP contribution in [0.5, 0.6) is 0 Å². The second-order valence-electron chi connectivity index (χ2n) is 7.62. The molecule has 0 fully saturated rings. The highest BCUT2D eigenvalue weighted by atomic mass is 16.5. The Hall–Kier alpha value is -1.67. The summed E-state index contributed by atoms with van der Waals surface area (Å²) in [5.41, 5.74) is 5.55. The highest BCUT2D eigenvalue weighted by molar-refractivity contribution is 5.88. The fourth-order valence-corrected chi connectivity index (χ4v) is 3.15. The van der Waals surface area contributed by atoms with Gasteiger partial charge in [-0.1, -0.05) is 52.4 Å². The van der Waals surface area contributed by atoms with Gasteiger partial charge in [-0.15, -0.1) is 0 Å². The minimum Gasteiger partial charge on any atom is -0.354 e. The van der Waals surface area contributed by atoms with E-state index < -0.39 is 12.0 Å². The minimum atomic E-state index is -0.628. The normalized spacial score (nSPS) is 12.8. The summed E-state index contributed by atoms with van der Waals surface area (Å²) in [4.78, 5) is 36.1. The molecule has 0 aromatic carbocycles. The zero-order chi connectivity index (χ0) is 21.9. The topological polar surface area (TPSA) is 125 Å². The maximum Gasteiger partial charge on any atom is 0.242 e. The Morgan fingerprint density at radius 2 is 1.62 bits per heavy atom. The first-order valence-corrected chi connectivity index (χ1v) is 11.2. The number of hydrogen-bond acceptors (Lipinski definition) is 5. The molecule has 0 rings (SSSR count). The molecule has 0 aromatic rings. The fraction of sp³-hybridized carbons (Fsp3) is 0.857. The largest absolute Gasteiger partial charge is 0.354 e. The number of unbranched alkanes of at least 4 members (excludes halogenated alkanes) is 6. The SMILES string of the molecule is CCCCCCNC(=O)C(CCCCN)NC(=O)[C@H](CCCCC)CN(O)C=O. The van der Waals surface area contributed by atoms with Crippen molar-refractivity contribution in [1.29, 1.82) is 0 Å². The van der Waals surface area contributed by atoms with Crippen LogP contribution < -0.4 is 16.4 Å². The molecule has 3 amide bonds. The van der Waals surface area contributed by atoms with Gasteiger partial charge in [-0.05, 0) is 38.6 Å². The van der Waals surface area contributed by atoms with E-state index in [2.05, 4.69) is 24.5 Å². The van der Waals surface area contributed by atoms with Crippen molar-refractivity contribution in [2.24, 2.45) is 11.7 Å². The zero-order valence-electron chi connectivity index (χ0n) is 18.3. The molecule has 0 aromatic heterocycles. The van der Waals surface area contributed by atoms with Crippen LogP contribution in [0.4, 0.5) is 0 Å². The summed E-state index contributed by atoms with van der Waals surface area (Å²) in [5.74, 6) is -1.04. The van der Waals surface area contributed by atoms with Gasteiger partial charge in [0.15, 0.2) is 0 Å². The van der Waals surface area contributed by atoms with Gasteiger partial charge < -0.3 is 16.4 Å². The number of carbonyl (C=O) groups is 3. The van der Waals surface area contributed by atoms with Crippen LogP contribution in [-0.4, -0.2) is 54.2 Å². The van der Waals surface area contributed by atoms with Gasteiger partial charge in [0.25, 0.3) is 0 Å². The third-order valence-corrected chi connectivity index (χ3v) is 4.97. The molecule has 0 aliphatic carbocycles. The first kappa shape index (κ1) is 27.3.